The maximum atomic E-state index is 12.3. The van der Waals surface area contributed by atoms with Crippen molar-refractivity contribution in [1.29, 1.82) is 0 Å². The van der Waals surface area contributed by atoms with Crippen LogP contribution < -0.4 is 11.5 Å². The van der Waals surface area contributed by atoms with Gasteiger partial charge in [-0.05, 0) is 23.1 Å². The summed E-state index contributed by atoms with van der Waals surface area (Å²) in [7, 11) is 0. The van der Waals surface area contributed by atoms with Gasteiger partial charge in [0.1, 0.15) is 0 Å². The average molecular weight is 277 g/mol. The lowest BCUT2D eigenvalue weighted by atomic mass is 9.91. The summed E-state index contributed by atoms with van der Waals surface area (Å²) in [6.07, 6.45) is 0.370. The molecule has 0 aliphatic rings. The summed E-state index contributed by atoms with van der Waals surface area (Å²) in [6, 6.07) is 7.22. The number of nitrogens with zero attached hydrogens (tertiary/aromatic N) is 1. The number of rotatable bonds is 5. The zero-order valence-electron chi connectivity index (χ0n) is 12.3. The largest absolute Gasteiger partial charge is 0.399 e. The van der Waals surface area contributed by atoms with Gasteiger partial charge < -0.3 is 16.4 Å². The minimum absolute atomic E-state index is 0.0701. The predicted octanol–water partition coefficient (Wildman–Crippen LogP) is 1.52. The standard InChI is InChI=1S/C15H23N3O2/c1-15(2,3)8-14(20)18(10-13(17)19)9-11-4-6-12(16)7-5-11/h4-7H,8-10,16H2,1-3H3,(H2,17,19). The van der Waals surface area contributed by atoms with E-state index in [1.807, 2.05) is 32.9 Å². The molecule has 110 valence electrons. The number of nitrogens with two attached hydrogens (primary N) is 2. The number of benzene rings is 1. The normalized spacial score (nSPS) is 11.2. The van der Waals surface area contributed by atoms with Gasteiger partial charge >= 0.3 is 0 Å². The Hall–Kier alpha value is -2.04. The van der Waals surface area contributed by atoms with E-state index >= 15 is 0 Å². The molecule has 5 nitrogen and oxygen atoms in total. The Kier molecular flexibility index (Phi) is 5.13. The van der Waals surface area contributed by atoms with E-state index < -0.39 is 5.91 Å². The van der Waals surface area contributed by atoms with Crippen molar-refractivity contribution in [1.82, 2.24) is 4.90 Å². The summed E-state index contributed by atoms with van der Waals surface area (Å²) in [4.78, 5) is 24.9. The van der Waals surface area contributed by atoms with Crippen LogP contribution in [0.3, 0.4) is 0 Å². The van der Waals surface area contributed by atoms with E-state index in [4.69, 9.17) is 11.5 Å². The summed E-state index contributed by atoms with van der Waals surface area (Å²) >= 11 is 0. The van der Waals surface area contributed by atoms with Crippen LogP contribution >= 0.6 is 0 Å². The summed E-state index contributed by atoms with van der Waals surface area (Å²) in [5.74, 6) is -0.587. The first-order chi connectivity index (χ1) is 9.17. The van der Waals surface area contributed by atoms with Crippen molar-refractivity contribution in [2.24, 2.45) is 11.1 Å². The number of nitrogen functional groups attached to an aromatic ring is 1. The van der Waals surface area contributed by atoms with Crippen molar-refractivity contribution >= 4 is 17.5 Å². The monoisotopic (exact) mass is 277 g/mol. The molecule has 0 unspecified atom stereocenters. The van der Waals surface area contributed by atoms with E-state index in [-0.39, 0.29) is 17.9 Å². The molecule has 0 atom stereocenters. The molecule has 1 aromatic carbocycles. The summed E-state index contributed by atoms with van der Waals surface area (Å²) in [5.41, 5.74) is 12.3. The van der Waals surface area contributed by atoms with Crippen molar-refractivity contribution in [2.75, 3.05) is 12.3 Å². The topological polar surface area (TPSA) is 89.4 Å². The zero-order valence-corrected chi connectivity index (χ0v) is 12.3. The number of carbonyl (C=O) groups excluding carboxylic acids is 2. The number of primary amides is 1. The van der Waals surface area contributed by atoms with Gasteiger partial charge in [-0.2, -0.15) is 0 Å². The molecule has 0 fully saturated rings. The lowest BCUT2D eigenvalue weighted by Crippen LogP contribution is -2.39. The Bertz CT molecular complexity index is 475. The smallest absolute Gasteiger partial charge is 0.237 e. The molecule has 0 saturated heterocycles. The number of hydrogen-bond donors (Lipinski definition) is 2. The lowest BCUT2D eigenvalue weighted by Gasteiger charge is -2.26. The summed E-state index contributed by atoms with van der Waals surface area (Å²) in [6.45, 7) is 6.24. The molecule has 0 aromatic heterocycles. The molecule has 4 N–H and O–H groups in total. The Morgan fingerprint density at radius 1 is 1.15 bits per heavy atom. The first-order valence-corrected chi connectivity index (χ1v) is 6.58. The van der Waals surface area contributed by atoms with Crippen LogP contribution in [0.15, 0.2) is 24.3 Å². The molecular weight excluding hydrogens is 254 g/mol. The summed E-state index contributed by atoms with van der Waals surface area (Å²) < 4.78 is 0. The van der Waals surface area contributed by atoms with Crippen molar-refractivity contribution in [3.05, 3.63) is 29.8 Å². The highest BCUT2D eigenvalue weighted by atomic mass is 16.2. The van der Waals surface area contributed by atoms with E-state index in [1.54, 1.807) is 12.1 Å². The molecule has 0 heterocycles. The van der Waals surface area contributed by atoms with Gasteiger partial charge in [-0.1, -0.05) is 32.9 Å². The molecule has 0 aliphatic carbocycles. The molecule has 0 aliphatic heterocycles. The lowest BCUT2D eigenvalue weighted by molar-refractivity contribution is -0.137. The highest BCUT2D eigenvalue weighted by Crippen LogP contribution is 2.20. The van der Waals surface area contributed by atoms with E-state index in [1.165, 1.54) is 4.90 Å². The van der Waals surface area contributed by atoms with Crippen molar-refractivity contribution in [3.63, 3.8) is 0 Å². The van der Waals surface area contributed by atoms with Gasteiger partial charge in [0.05, 0.1) is 6.54 Å². The number of amides is 2. The predicted molar refractivity (Wildman–Crippen MR) is 79.5 cm³/mol. The van der Waals surface area contributed by atoms with Crippen molar-refractivity contribution in [3.8, 4) is 0 Å². The molecule has 0 radical (unpaired) electrons. The Morgan fingerprint density at radius 2 is 1.70 bits per heavy atom. The van der Waals surface area contributed by atoms with Gasteiger partial charge in [0.15, 0.2) is 0 Å². The highest BCUT2D eigenvalue weighted by Gasteiger charge is 2.22. The van der Waals surface area contributed by atoms with Crippen LogP contribution in [0, 0.1) is 5.41 Å². The molecule has 20 heavy (non-hydrogen) atoms. The van der Waals surface area contributed by atoms with Crippen LogP contribution in [0.5, 0.6) is 0 Å². The first-order valence-electron chi connectivity index (χ1n) is 6.58. The number of hydrogen-bond acceptors (Lipinski definition) is 3. The van der Waals surface area contributed by atoms with Crippen molar-refractivity contribution in [2.45, 2.75) is 33.7 Å². The average Bonchev–Trinajstić information content (AvgIpc) is 2.28. The van der Waals surface area contributed by atoms with Crippen LogP contribution in [0.1, 0.15) is 32.8 Å². The Labute approximate surface area is 119 Å². The third-order valence-electron chi connectivity index (χ3n) is 2.73. The summed E-state index contributed by atoms with van der Waals surface area (Å²) in [5, 5.41) is 0. The molecule has 0 saturated carbocycles. The van der Waals surface area contributed by atoms with Crippen molar-refractivity contribution < 1.29 is 9.59 Å². The van der Waals surface area contributed by atoms with Crippen LogP contribution in [-0.4, -0.2) is 23.3 Å². The van der Waals surface area contributed by atoms with Crippen LogP contribution in [0.4, 0.5) is 5.69 Å². The highest BCUT2D eigenvalue weighted by molar-refractivity contribution is 5.84. The van der Waals surface area contributed by atoms with Gasteiger partial charge in [-0.15, -0.1) is 0 Å². The first kappa shape index (κ1) is 16.0. The maximum absolute atomic E-state index is 12.3. The quantitative estimate of drug-likeness (QED) is 0.800. The number of anilines is 1. The molecule has 5 heteroatoms. The van der Waals surface area contributed by atoms with Crippen LogP contribution in [0.2, 0.25) is 0 Å². The third kappa shape index (κ3) is 5.73. The molecule has 0 bridgehead atoms. The second-order valence-electron chi connectivity index (χ2n) is 6.20. The minimum atomic E-state index is -0.511. The fourth-order valence-electron chi connectivity index (χ4n) is 1.83. The van der Waals surface area contributed by atoms with Gasteiger partial charge in [-0.3, -0.25) is 9.59 Å². The van der Waals surface area contributed by atoms with Gasteiger partial charge in [0.2, 0.25) is 11.8 Å². The van der Waals surface area contributed by atoms with Gasteiger partial charge in [-0.25, -0.2) is 0 Å². The minimum Gasteiger partial charge on any atom is -0.399 e. The van der Waals surface area contributed by atoms with E-state index in [0.29, 0.717) is 18.7 Å². The Morgan fingerprint density at radius 3 is 2.15 bits per heavy atom. The molecule has 2 amide bonds. The van der Waals surface area contributed by atoms with Crippen LogP contribution in [-0.2, 0) is 16.1 Å². The molecule has 0 spiro atoms. The molecule has 1 aromatic rings. The molecular formula is C15H23N3O2. The fourth-order valence-corrected chi connectivity index (χ4v) is 1.83. The van der Waals surface area contributed by atoms with Gasteiger partial charge in [0.25, 0.3) is 0 Å². The van der Waals surface area contributed by atoms with E-state index in [9.17, 15) is 9.59 Å². The number of carbonyl (C=O) groups is 2. The van der Waals surface area contributed by atoms with E-state index in [0.717, 1.165) is 5.56 Å². The molecule has 1 rings (SSSR count). The second kappa shape index (κ2) is 6.41. The zero-order chi connectivity index (χ0) is 15.3. The van der Waals surface area contributed by atoms with Gasteiger partial charge in [0, 0.05) is 18.7 Å². The maximum Gasteiger partial charge on any atom is 0.237 e. The SMILES string of the molecule is CC(C)(C)CC(=O)N(CC(N)=O)Cc1ccc(N)cc1. The van der Waals surface area contributed by atoms with Crippen LogP contribution in [0.25, 0.3) is 0 Å². The third-order valence-corrected chi connectivity index (χ3v) is 2.73. The second-order valence-corrected chi connectivity index (χ2v) is 6.20. The fraction of sp³-hybridized carbons (Fsp3) is 0.467. The Balaban J connectivity index is 2.81. The van der Waals surface area contributed by atoms with E-state index in [2.05, 4.69) is 0 Å².